The highest BCUT2D eigenvalue weighted by molar-refractivity contribution is 5.73. The zero-order valence-corrected chi connectivity index (χ0v) is 17.1. The number of pyridine rings is 1. The fraction of sp³-hybridized carbons (Fsp3) is 0.381. The molecule has 0 aliphatic carbocycles. The van der Waals surface area contributed by atoms with E-state index >= 15 is 0 Å². The van der Waals surface area contributed by atoms with E-state index in [0.717, 1.165) is 58.9 Å². The minimum atomic E-state index is 0.260. The highest BCUT2D eigenvalue weighted by Gasteiger charge is 2.23. The largest absolute Gasteiger partial charge is 0.302 e. The maximum absolute atomic E-state index is 4.89. The summed E-state index contributed by atoms with van der Waals surface area (Å²) in [5, 5.41) is 12.2. The third-order valence-electron chi connectivity index (χ3n) is 5.56. The summed E-state index contributed by atoms with van der Waals surface area (Å²) < 4.78 is 1.80. The van der Waals surface area contributed by atoms with Crippen LogP contribution in [0.5, 0.6) is 0 Å². The molecule has 0 aromatic carbocycles. The van der Waals surface area contributed by atoms with E-state index in [2.05, 4.69) is 57.1 Å². The molecule has 0 radical (unpaired) electrons. The average Bonchev–Trinajstić information content (AvgIpc) is 3.34. The normalized spacial score (nSPS) is 14.7. The monoisotopic (exact) mass is 388 g/mol. The lowest BCUT2D eigenvalue weighted by Crippen LogP contribution is -2.27. The van der Waals surface area contributed by atoms with E-state index in [0.29, 0.717) is 5.82 Å². The Labute approximate surface area is 169 Å². The molecule has 0 amide bonds. The highest BCUT2D eigenvalue weighted by Crippen LogP contribution is 2.35. The molecular weight excluding hydrogens is 364 g/mol. The zero-order chi connectivity index (χ0) is 20.1. The molecule has 5 rings (SSSR count). The quantitative estimate of drug-likeness (QED) is 0.580. The molecule has 4 aromatic rings. The van der Waals surface area contributed by atoms with Gasteiger partial charge in [-0.25, -0.2) is 19.5 Å². The van der Waals surface area contributed by atoms with Gasteiger partial charge in [-0.2, -0.15) is 10.2 Å². The Morgan fingerprint density at radius 2 is 2.07 bits per heavy atom. The van der Waals surface area contributed by atoms with Crippen LogP contribution in [0.4, 0.5) is 0 Å². The van der Waals surface area contributed by atoms with Gasteiger partial charge >= 0.3 is 0 Å². The van der Waals surface area contributed by atoms with Crippen LogP contribution in [-0.2, 0) is 13.0 Å². The molecule has 0 saturated heterocycles. The van der Waals surface area contributed by atoms with Crippen LogP contribution < -0.4 is 0 Å². The van der Waals surface area contributed by atoms with Gasteiger partial charge in [0.05, 0.1) is 11.4 Å². The van der Waals surface area contributed by atoms with Gasteiger partial charge in [-0.15, -0.1) is 0 Å². The third-order valence-corrected chi connectivity index (χ3v) is 5.56. The van der Waals surface area contributed by atoms with Gasteiger partial charge in [-0.05, 0) is 31.5 Å². The van der Waals surface area contributed by atoms with Crippen LogP contribution in [0.25, 0.3) is 28.4 Å². The second-order valence-corrected chi connectivity index (χ2v) is 8.11. The van der Waals surface area contributed by atoms with E-state index in [4.69, 9.17) is 4.98 Å². The molecule has 148 valence electrons. The van der Waals surface area contributed by atoms with Crippen molar-refractivity contribution in [2.45, 2.75) is 39.7 Å². The number of nitrogens with zero attached hydrogens (tertiary/aromatic N) is 7. The zero-order valence-electron chi connectivity index (χ0n) is 17.1. The lowest BCUT2D eigenvalue weighted by Gasteiger charge is -2.23. The Kier molecular flexibility index (Phi) is 4.16. The van der Waals surface area contributed by atoms with Crippen molar-refractivity contribution in [2.24, 2.45) is 0 Å². The molecule has 8 nitrogen and oxygen atoms in total. The fourth-order valence-corrected chi connectivity index (χ4v) is 4.10. The molecule has 0 bridgehead atoms. The average molecular weight is 388 g/mol. The predicted octanol–water partition coefficient (Wildman–Crippen LogP) is 3.00. The third kappa shape index (κ3) is 3.00. The second-order valence-electron chi connectivity index (χ2n) is 8.11. The van der Waals surface area contributed by atoms with Crippen molar-refractivity contribution in [1.29, 1.82) is 0 Å². The first-order valence-corrected chi connectivity index (χ1v) is 9.93. The van der Waals surface area contributed by atoms with Crippen molar-refractivity contribution in [3.63, 3.8) is 0 Å². The van der Waals surface area contributed by atoms with Crippen LogP contribution in [-0.4, -0.2) is 53.3 Å². The number of rotatable bonds is 3. The Bertz CT molecular complexity index is 1200. The van der Waals surface area contributed by atoms with Gasteiger partial charge in [0.1, 0.15) is 12.0 Å². The number of H-pyrrole nitrogens is 1. The molecule has 1 N–H and O–H groups in total. The summed E-state index contributed by atoms with van der Waals surface area (Å²) in [7, 11) is 2.13. The second kappa shape index (κ2) is 6.73. The Hall–Kier alpha value is -3.13. The topological polar surface area (TPSA) is 87.9 Å². The van der Waals surface area contributed by atoms with Crippen LogP contribution in [0.3, 0.4) is 0 Å². The van der Waals surface area contributed by atoms with Crippen molar-refractivity contribution >= 4 is 5.65 Å². The van der Waals surface area contributed by atoms with Crippen molar-refractivity contribution in [1.82, 2.24) is 39.7 Å². The van der Waals surface area contributed by atoms with Crippen LogP contribution in [0.2, 0.25) is 0 Å². The van der Waals surface area contributed by atoms with Gasteiger partial charge < -0.3 is 4.90 Å². The minimum Gasteiger partial charge on any atom is -0.302 e. The first kappa shape index (κ1) is 17.9. The molecular formula is C21H24N8. The molecule has 0 saturated carbocycles. The van der Waals surface area contributed by atoms with Crippen LogP contribution in [0.1, 0.15) is 42.1 Å². The van der Waals surface area contributed by atoms with Crippen LogP contribution in [0, 0.1) is 6.92 Å². The SMILES string of the molecule is Cc1cc(-c2n[nH]c(-c3ncc4c(n3)CCN(C)C4)c2C(C)C)cn2ncnc12. The van der Waals surface area contributed by atoms with Crippen molar-refractivity contribution in [2.75, 3.05) is 13.6 Å². The van der Waals surface area contributed by atoms with E-state index in [9.17, 15) is 0 Å². The Balaban J connectivity index is 1.63. The predicted molar refractivity (Wildman–Crippen MR) is 110 cm³/mol. The highest BCUT2D eigenvalue weighted by atomic mass is 15.3. The summed E-state index contributed by atoms with van der Waals surface area (Å²) in [6.45, 7) is 8.31. The van der Waals surface area contributed by atoms with Crippen molar-refractivity contribution in [3.8, 4) is 22.8 Å². The van der Waals surface area contributed by atoms with E-state index in [-0.39, 0.29) is 5.92 Å². The van der Waals surface area contributed by atoms with Crippen molar-refractivity contribution < 1.29 is 0 Å². The van der Waals surface area contributed by atoms with Crippen LogP contribution in [0.15, 0.2) is 24.8 Å². The van der Waals surface area contributed by atoms with E-state index in [1.54, 1.807) is 10.8 Å². The van der Waals surface area contributed by atoms with Gasteiger partial charge in [0, 0.05) is 48.6 Å². The molecule has 1 aliphatic heterocycles. The molecule has 8 heteroatoms. The lowest BCUT2D eigenvalue weighted by molar-refractivity contribution is 0.309. The number of nitrogens with one attached hydrogen (secondary N) is 1. The summed E-state index contributed by atoms with van der Waals surface area (Å²) in [6, 6.07) is 2.11. The molecule has 5 heterocycles. The van der Waals surface area contributed by atoms with Gasteiger partial charge in [0.15, 0.2) is 11.5 Å². The smallest absolute Gasteiger partial charge is 0.178 e. The summed E-state index contributed by atoms with van der Waals surface area (Å²) in [4.78, 5) is 16.2. The number of hydrogen-bond donors (Lipinski definition) is 1. The maximum atomic E-state index is 4.89. The maximum Gasteiger partial charge on any atom is 0.178 e. The summed E-state index contributed by atoms with van der Waals surface area (Å²) >= 11 is 0. The fourth-order valence-electron chi connectivity index (χ4n) is 4.10. The van der Waals surface area contributed by atoms with E-state index < -0.39 is 0 Å². The van der Waals surface area contributed by atoms with Gasteiger partial charge in [-0.3, -0.25) is 5.10 Å². The number of fused-ring (bicyclic) bond motifs is 2. The molecule has 29 heavy (non-hydrogen) atoms. The number of aromatic amines is 1. The van der Waals surface area contributed by atoms with Gasteiger partial charge in [0.2, 0.25) is 0 Å². The Morgan fingerprint density at radius 3 is 2.90 bits per heavy atom. The molecule has 4 aromatic heterocycles. The molecule has 0 spiro atoms. The van der Waals surface area contributed by atoms with E-state index in [1.807, 2.05) is 19.3 Å². The first-order valence-electron chi connectivity index (χ1n) is 9.93. The summed E-state index contributed by atoms with van der Waals surface area (Å²) in [6.07, 6.45) is 6.46. The number of aromatic nitrogens is 7. The standard InChI is InChI=1S/C21H24N8/c1-12(2)17-18(14-7-13(3)21-23-11-24-29(21)10-14)26-27-19(17)20-22-8-15-9-28(4)6-5-16(15)25-20/h7-8,10-12H,5-6,9H2,1-4H3,(H,26,27). The summed E-state index contributed by atoms with van der Waals surface area (Å²) in [5.41, 5.74) is 8.21. The number of aryl methyl sites for hydroxylation is 1. The Morgan fingerprint density at radius 1 is 1.21 bits per heavy atom. The molecule has 0 atom stereocenters. The molecule has 0 fully saturated rings. The van der Waals surface area contributed by atoms with Crippen LogP contribution >= 0.6 is 0 Å². The van der Waals surface area contributed by atoms with E-state index in [1.165, 1.54) is 5.56 Å². The van der Waals surface area contributed by atoms with Gasteiger partial charge in [-0.1, -0.05) is 13.8 Å². The van der Waals surface area contributed by atoms with Gasteiger partial charge in [0.25, 0.3) is 0 Å². The number of likely N-dealkylation sites (N-methyl/N-ethyl adjacent to an activating group) is 1. The number of hydrogen-bond acceptors (Lipinski definition) is 6. The molecule has 0 unspecified atom stereocenters. The first-order chi connectivity index (χ1) is 14.0. The molecule has 1 aliphatic rings. The lowest BCUT2D eigenvalue weighted by atomic mass is 9.96. The summed E-state index contributed by atoms with van der Waals surface area (Å²) in [5.74, 6) is 0.977. The minimum absolute atomic E-state index is 0.260. The van der Waals surface area contributed by atoms with Crippen molar-refractivity contribution in [3.05, 3.63) is 47.2 Å².